The van der Waals surface area contributed by atoms with Crippen LogP contribution in [0.2, 0.25) is 0 Å². The maximum Gasteiger partial charge on any atom is 0.273 e. The van der Waals surface area contributed by atoms with Crippen LogP contribution in [0.1, 0.15) is 25.3 Å². The Morgan fingerprint density at radius 2 is 2.21 bits per heavy atom. The molecule has 1 aromatic carbocycles. The summed E-state index contributed by atoms with van der Waals surface area (Å²) in [5, 5.41) is 23.0. The van der Waals surface area contributed by atoms with E-state index in [-0.39, 0.29) is 17.2 Å². The Labute approximate surface area is 121 Å². The highest BCUT2D eigenvalue weighted by molar-refractivity contribution is 9.10. The predicted octanol–water partition coefficient (Wildman–Crippen LogP) is 3.49. The summed E-state index contributed by atoms with van der Waals surface area (Å²) in [7, 11) is 0. The minimum Gasteiger partial charge on any atom is -0.396 e. The molecule has 5 nitrogen and oxygen atoms in total. The third-order valence-corrected chi connectivity index (χ3v) is 3.64. The SMILES string of the molecule is Cc1cc(NCCCC(C)CO)c(Br)cc1[N+](=O)[O-]. The molecule has 0 saturated carbocycles. The number of halogens is 1. The number of hydrogen-bond donors (Lipinski definition) is 2. The van der Waals surface area contributed by atoms with Crippen LogP contribution in [0.5, 0.6) is 0 Å². The molecule has 106 valence electrons. The topological polar surface area (TPSA) is 75.4 Å². The molecule has 1 unspecified atom stereocenters. The highest BCUT2D eigenvalue weighted by Gasteiger charge is 2.13. The Hall–Kier alpha value is -1.14. The van der Waals surface area contributed by atoms with Gasteiger partial charge in [0, 0.05) is 34.9 Å². The molecule has 0 saturated heterocycles. The number of nitro benzene ring substituents is 1. The molecule has 0 heterocycles. The summed E-state index contributed by atoms with van der Waals surface area (Å²) >= 11 is 3.34. The van der Waals surface area contributed by atoms with Gasteiger partial charge in [0.15, 0.2) is 0 Å². The third kappa shape index (κ3) is 4.80. The van der Waals surface area contributed by atoms with Crippen molar-refractivity contribution in [3.63, 3.8) is 0 Å². The molecule has 0 aliphatic carbocycles. The largest absolute Gasteiger partial charge is 0.396 e. The fraction of sp³-hybridized carbons (Fsp3) is 0.538. The number of rotatable bonds is 7. The molecule has 0 spiro atoms. The number of nitrogens with zero attached hydrogens (tertiary/aromatic N) is 1. The first-order valence-corrected chi connectivity index (χ1v) is 7.04. The summed E-state index contributed by atoms with van der Waals surface area (Å²) in [5.74, 6) is 0.309. The quantitative estimate of drug-likeness (QED) is 0.456. The van der Waals surface area contributed by atoms with E-state index in [1.54, 1.807) is 13.0 Å². The smallest absolute Gasteiger partial charge is 0.273 e. The summed E-state index contributed by atoms with van der Waals surface area (Å²) in [6.45, 7) is 4.72. The molecule has 0 aliphatic heterocycles. The third-order valence-electron chi connectivity index (χ3n) is 2.98. The van der Waals surface area contributed by atoms with Gasteiger partial charge in [-0.15, -0.1) is 0 Å². The summed E-state index contributed by atoms with van der Waals surface area (Å²) in [5.41, 5.74) is 1.62. The monoisotopic (exact) mass is 330 g/mol. The Bertz CT molecular complexity index is 452. The molecule has 1 rings (SSSR count). The van der Waals surface area contributed by atoms with Crippen molar-refractivity contribution >= 4 is 27.3 Å². The van der Waals surface area contributed by atoms with Gasteiger partial charge in [-0.1, -0.05) is 6.92 Å². The second kappa shape index (κ2) is 7.45. The minimum atomic E-state index is -0.382. The van der Waals surface area contributed by atoms with Gasteiger partial charge >= 0.3 is 0 Å². The van der Waals surface area contributed by atoms with E-state index in [9.17, 15) is 10.1 Å². The van der Waals surface area contributed by atoms with Crippen LogP contribution in [-0.2, 0) is 0 Å². The number of benzene rings is 1. The Morgan fingerprint density at radius 3 is 2.79 bits per heavy atom. The molecule has 19 heavy (non-hydrogen) atoms. The average Bonchev–Trinajstić information content (AvgIpc) is 2.37. The van der Waals surface area contributed by atoms with Crippen LogP contribution in [-0.4, -0.2) is 23.2 Å². The summed E-state index contributed by atoms with van der Waals surface area (Å²) in [4.78, 5) is 10.4. The molecule has 0 bridgehead atoms. The lowest BCUT2D eigenvalue weighted by Crippen LogP contribution is -2.07. The van der Waals surface area contributed by atoms with Crippen molar-refractivity contribution in [3.8, 4) is 0 Å². The van der Waals surface area contributed by atoms with Crippen LogP contribution in [0, 0.1) is 23.0 Å². The van der Waals surface area contributed by atoms with Gasteiger partial charge in [0.05, 0.1) is 4.92 Å². The molecular formula is C13H19BrN2O3. The van der Waals surface area contributed by atoms with Gasteiger partial charge in [-0.25, -0.2) is 0 Å². The van der Waals surface area contributed by atoms with Gasteiger partial charge in [-0.2, -0.15) is 0 Å². The van der Waals surface area contributed by atoms with Crippen LogP contribution in [0.4, 0.5) is 11.4 Å². The first kappa shape index (κ1) is 15.9. The van der Waals surface area contributed by atoms with Gasteiger partial charge in [0.1, 0.15) is 0 Å². The van der Waals surface area contributed by atoms with Crippen LogP contribution < -0.4 is 5.32 Å². The van der Waals surface area contributed by atoms with Gasteiger partial charge < -0.3 is 10.4 Å². The van der Waals surface area contributed by atoms with Crippen molar-refractivity contribution < 1.29 is 10.0 Å². The number of hydrogen-bond acceptors (Lipinski definition) is 4. The molecular weight excluding hydrogens is 312 g/mol. The maximum atomic E-state index is 10.8. The number of nitrogens with one attached hydrogen (secondary N) is 1. The van der Waals surface area contributed by atoms with Gasteiger partial charge in [-0.3, -0.25) is 10.1 Å². The number of nitro groups is 1. The van der Waals surface area contributed by atoms with Gasteiger partial charge in [0.25, 0.3) is 5.69 Å². The van der Waals surface area contributed by atoms with Gasteiger partial charge in [-0.05, 0) is 47.7 Å². The fourth-order valence-electron chi connectivity index (χ4n) is 1.77. The summed E-state index contributed by atoms with van der Waals surface area (Å²) in [6.07, 6.45) is 1.90. The normalized spacial score (nSPS) is 12.2. The lowest BCUT2D eigenvalue weighted by molar-refractivity contribution is -0.385. The van der Waals surface area contributed by atoms with E-state index in [0.29, 0.717) is 16.0 Å². The molecule has 6 heteroatoms. The van der Waals surface area contributed by atoms with Crippen molar-refractivity contribution in [3.05, 3.63) is 32.3 Å². The van der Waals surface area contributed by atoms with Crippen molar-refractivity contribution in [2.75, 3.05) is 18.5 Å². The molecule has 0 aliphatic rings. The molecule has 1 aromatic rings. The first-order chi connectivity index (χ1) is 8.95. The lowest BCUT2D eigenvalue weighted by atomic mass is 10.1. The van der Waals surface area contributed by atoms with E-state index in [0.717, 1.165) is 25.1 Å². The first-order valence-electron chi connectivity index (χ1n) is 6.25. The molecule has 1 atom stereocenters. The lowest BCUT2D eigenvalue weighted by Gasteiger charge is -2.11. The molecule has 2 N–H and O–H groups in total. The van der Waals surface area contributed by atoms with E-state index in [2.05, 4.69) is 21.2 Å². The van der Waals surface area contributed by atoms with E-state index in [1.807, 2.05) is 6.92 Å². The highest BCUT2D eigenvalue weighted by Crippen LogP contribution is 2.30. The highest BCUT2D eigenvalue weighted by atomic mass is 79.9. The van der Waals surface area contributed by atoms with Crippen molar-refractivity contribution in [2.45, 2.75) is 26.7 Å². The average molecular weight is 331 g/mol. The second-order valence-corrected chi connectivity index (χ2v) is 5.59. The van der Waals surface area contributed by atoms with Crippen LogP contribution in [0.15, 0.2) is 16.6 Å². The maximum absolute atomic E-state index is 10.8. The van der Waals surface area contributed by atoms with Crippen molar-refractivity contribution in [1.29, 1.82) is 0 Å². The number of aliphatic hydroxyl groups excluding tert-OH is 1. The standard InChI is InChI=1S/C13H19BrN2O3/c1-9(8-17)4-3-5-15-12-6-10(2)13(16(18)19)7-11(12)14/h6-7,9,15,17H,3-5,8H2,1-2H3. The predicted molar refractivity (Wildman–Crippen MR) is 79.5 cm³/mol. The molecule has 0 radical (unpaired) electrons. The zero-order valence-corrected chi connectivity index (χ0v) is 12.7. The van der Waals surface area contributed by atoms with Crippen molar-refractivity contribution in [1.82, 2.24) is 0 Å². The van der Waals surface area contributed by atoms with E-state index in [1.165, 1.54) is 6.07 Å². The zero-order chi connectivity index (χ0) is 14.4. The number of anilines is 1. The Balaban J connectivity index is 2.60. The van der Waals surface area contributed by atoms with E-state index in [4.69, 9.17) is 5.11 Å². The van der Waals surface area contributed by atoms with E-state index >= 15 is 0 Å². The van der Waals surface area contributed by atoms with E-state index < -0.39 is 0 Å². The number of aliphatic hydroxyl groups is 1. The Morgan fingerprint density at radius 1 is 1.53 bits per heavy atom. The molecule has 0 fully saturated rings. The van der Waals surface area contributed by atoms with Crippen molar-refractivity contribution in [2.24, 2.45) is 5.92 Å². The molecule has 0 aromatic heterocycles. The summed E-state index contributed by atoms with van der Waals surface area (Å²) < 4.78 is 0.694. The Kier molecular flexibility index (Phi) is 6.24. The molecule has 0 amide bonds. The second-order valence-electron chi connectivity index (χ2n) is 4.73. The van der Waals surface area contributed by atoms with Crippen LogP contribution in [0.25, 0.3) is 0 Å². The van der Waals surface area contributed by atoms with Crippen LogP contribution >= 0.6 is 15.9 Å². The summed E-state index contributed by atoms with van der Waals surface area (Å²) in [6, 6.07) is 3.30. The zero-order valence-electron chi connectivity index (χ0n) is 11.1. The van der Waals surface area contributed by atoms with Gasteiger partial charge in [0.2, 0.25) is 0 Å². The fourth-order valence-corrected chi connectivity index (χ4v) is 2.24. The van der Waals surface area contributed by atoms with Crippen LogP contribution in [0.3, 0.4) is 0 Å². The minimum absolute atomic E-state index is 0.117. The number of aryl methyl sites for hydroxylation is 1.